The van der Waals surface area contributed by atoms with E-state index in [1.165, 1.54) is 0 Å². The van der Waals surface area contributed by atoms with Crippen LogP contribution in [-0.4, -0.2) is 17.8 Å². The van der Waals surface area contributed by atoms with Gasteiger partial charge in [-0.2, -0.15) is 0 Å². The smallest absolute Gasteiger partial charge is 0.265 e. The lowest BCUT2D eigenvalue weighted by Crippen LogP contribution is -2.30. The molecule has 0 saturated carbocycles. The number of thioether (sulfide) groups is 1. The highest BCUT2D eigenvalue weighted by Gasteiger charge is 2.17. The third kappa shape index (κ3) is 4.42. The molecule has 0 aromatic heterocycles. The third-order valence-electron chi connectivity index (χ3n) is 2.95. The number of carbonyl (C=O) groups is 1. The summed E-state index contributed by atoms with van der Waals surface area (Å²) < 4.78 is 5.63. The number of nitrogens with one attached hydrogen (secondary N) is 1. The largest absolute Gasteiger partial charge is 0.479 e. The van der Waals surface area contributed by atoms with Gasteiger partial charge in [0.2, 0.25) is 0 Å². The lowest BCUT2D eigenvalue weighted by Gasteiger charge is -2.16. The summed E-state index contributed by atoms with van der Waals surface area (Å²) in [6, 6.07) is 14.8. The van der Waals surface area contributed by atoms with Crippen molar-refractivity contribution in [3.05, 3.63) is 53.6 Å². The molecule has 5 heteroatoms. The summed E-state index contributed by atoms with van der Waals surface area (Å²) in [7, 11) is 0. The molecule has 0 unspecified atom stereocenters. The van der Waals surface area contributed by atoms with Crippen LogP contribution in [0.2, 0.25) is 5.02 Å². The van der Waals surface area contributed by atoms with Gasteiger partial charge in [-0.1, -0.05) is 42.8 Å². The van der Waals surface area contributed by atoms with Gasteiger partial charge in [0.1, 0.15) is 5.75 Å². The van der Waals surface area contributed by atoms with Crippen LogP contribution in [0.5, 0.6) is 5.75 Å². The van der Waals surface area contributed by atoms with Crippen LogP contribution in [0.3, 0.4) is 0 Å². The molecule has 1 amide bonds. The van der Waals surface area contributed by atoms with Crippen LogP contribution >= 0.6 is 23.4 Å². The molecule has 0 radical (unpaired) electrons. The van der Waals surface area contributed by atoms with Gasteiger partial charge >= 0.3 is 0 Å². The number of para-hydroxylation sites is 2. The quantitative estimate of drug-likeness (QED) is 0.766. The zero-order valence-electron chi connectivity index (χ0n) is 12.5. The van der Waals surface area contributed by atoms with E-state index in [1.807, 2.05) is 36.4 Å². The maximum absolute atomic E-state index is 12.3. The Hall–Kier alpha value is -1.65. The summed E-state index contributed by atoms with van der Waals surface area (Å²) in [5.41, 5.74) is 0.800. The highest BCUT2D eigenvalue weighted by atomic mass is 35.5. The average molecular weight is 336 g/mol. The van der Waals surface area contributed by atoms with Crippen molar-refractivity contribution in [3.63, 3.8) is 0 Å². The van der Waals surface area contributed by atoms with Gasteiger partial charge in [-0.15, -0.1) is 11.8 Å². The molecule has 0 saturated heterocycles. The van der Waals surface area contributed by atoms with Gasteiger partial charge in [0.25, 0.3) is 5.91 Å². The normalized spacial score (nSPS) is 11.8. The van der Waals surface area contributed by atoms with Crippen LogP contribution in [0.4, 0.5) is 5.69 Å². The molecule has 2 aromatic carbocycles. The van der Waals surface area contributed by atoms with E-state index in [4.69, 9.17) is 16.3 Å². The molecule has 2 aromatic rings. The van der Waals surface area contributed by atoms with E-state index in [9.17, 15) is 4.79 Å². The first-order valence-corrected chi connectivity index (χ1v) is 8.42. The Labute approximate surface area is 140 Å². The maximum Gasteiger partial charge on any atom is 0.265 e. The third-order valence-corrected chi connectivity index (χ3v) is 4.22. The minimum atomic E-state index is -0.639. The number of hydrogen-bond donors (Lipinski definition) is 1. The summed E-state index contributed by atoms with van der Waals surface area (Å²) in [6.45, 7) is 3.78. The van der Waals surface area contributed by atoms with E-state index in [0.717, 1.165) is 16.3 Å². The number of anilines is 1. The monoisotopic (exact) mass is 335 g/mol. The minimum absolute atomic E-state index is 0.205. The molecule has 116 valence electrons. The molecule has 0 bridgehead atoms. The summed E-state index contributed by atoms with van der Waals surface area (Å²) in [6.07, 6.45) is -0.639. The number of rotatable bonds is 6. The predicted octanol–water partition coefficient (Wildman–Crippen LogP) is 4.86. The van der Waals surface area contributed by atoms with Gasteiger partial charge in [0.15, 0.2) is 6.10 Å². The van der Waals surface area contributed by atoms with Crippen LogP contribution in [0.1, 0.15) is 13.8 Å². The van der Waals surface area contributed by atoms with Crippen molar-refractivity contribution in [2.75, 3.05) is 11.1 Å². The van der Waals surface area contributed by atoms with Gasteiger partial charge in [-0.3, -0.25) is 4.79 Å². The molecule has 0 aliphatic carbocycles. The number of halogens is 1. The van der Waals surface area contributed by atoms with Crippen LogP contribution in [0.15, 0.2) is 53.4 Å². The molecule has 0 heterocycles. The first-order valence-electron chi connectivity index (χ1n) is 7.05. The van der Waals surface area contributed by atoms with E-state index < -0.39 is 6.10 Å². The van der Waals surface area contributed by atoms with Crippen LogP contribution in [0.25, 0.3) is 0 Å². The Balaban J connectivity index is 2.04. The maximum atomic E-state index is 12.3. The number of amides is 1. The molecule has 1 N–H and O–H groups in total. The average Bonchev–Trinajstić information content (AvgIpc) is 2.51. The van der Waals surface area contributed by atoms with E-state index >= 15 is 0 Å². The van der Waals surface area contributed by atoms with E-state index in [2.05, 4.69) is 12.2 Å². The van der Waals surface area contributed by atoms with Crippen LogP contribution < -0.4 is 10.1 Å². The Kier molecular flexibility index (Phi) is 6.16. The first-order chi connectivity index (χ1) is 10.6. The topological polar surface area (TPSA) is 38.3 Å². The minimum Gasteiger partial charge on any atom is -0.479 e. The van der Waals surface area contributed by atoms with E-state index in [0.29, 0.717) is 10.8 Å². The molecule has 1 atom stereocenters. The standard InChI is InChI=1S/C17H18ClNO2S/c1-3-22-16-11-7-5-9-14(16)19-17(20)12(2)21-15-10-6-4-8-13(15)18/h4-12H,3H2,1-2H3,(H,19,20)/t12-/m0/s1. The molecule has 2 rings (SSSR count). The number of ether oxygens (including phenoxy) is 1. The summed E-state index contributed by atoms with van der Waals surface area (Å²) >= 11 is 7.73. The zero-order valence-corrected chi connectivity index (χ0v) is 14.1. The van der Waals surface area contributed by atoms with Crippen molar-refractivity contribution in [2.45, 2.75) is 24.8 Å². The molecular formula is C17H18ClNO2S. The van der Waals surface area contributed by atoms with Crippen molar-refractivity contribution in [3.8, 4) is 5.75 Å². The zero-order chi connectivity index (χ0) is 15.9. The molecular weight excluding hydrogens is 318 g/mol. The molecule has 22 heavy (non-hydrogen) atoms. The summed E-state index contributed by atoms with van der Waals surface area (Å²) in [5, 5.41) is 3.40. The van der Waals surface area contributed by atoms with Crippen molar-refractivity contribution in [2.24, 2.45) is 0 Å². The fourth-order valence-electron chi connectivity index (χ4n) is 1.87. The summed E-state index contributed by atoms with van der Waals surface area (Å²) in [4.78, 5) is 13.3. The van der Waals surface area contributed by atoms with Crippen LogP contribution in [-0.2, 0) is 4.79 Å². The van der Waals surface area contributed by atoms with E-state index in [-0.39, 0.29) is 5.91 Å². The van der Waals surface area contributed by atoms with E-state index in [1.54, 1.807) is 30.8 Å². The second-order valence-corrected chi connectivity index (χ2v) is 6.32. The van der Waals surface area contributed by atoms with Crippen molar-refractivity contribution < 1.29 is 9.53 Å². The van der Waals surface area contributed by atoms with Crippen LogP contribution in [0, 0.1) is 0 Å². The Morgan fingerprint density at radius 2 is 1.91 bits per heavy atom. The molecule has 0 aliphatic heterocycles. The SMILES string of the molecule is CCSc1ccccc1NC(=O)[C@H](C)Oc1ccccc1Cl. The van der Waals surface area contributed by atoms with Gasteiger partial charge in [0.05, 0.1) is 10.7 Å². The predicted molar refractivity (Wildman–Crippen MR) is 93.0 cm³/mol. The Morgan fingerprint density at radius 1 is 1.23 bits per heavy atom. The number of benzene rings is 2. The highest BCUT2D eigenvalue weighted by Crippen LogP contribution is 2.27. The molecule has 0 spiro atoms. The molecule has 0 fully saturated rings. The van der Waals surface area contributed by atoms with Crippen molar-refractivity contribution >= 4 is 35.0 Å². The fourth-order valence-corrected chi connectivity index (χ4v) is 2.81. The van der Waals surface area contributed by atoms with Gasteiger partial charge in [-0.25, -0.2) is 0 Å². The number of hydrogen-bond acceptors (Lipinski definition) is 3. The Bertz CT molecular complexity index is 648. The molecule has 0 aliphatic rings. The van der Waals surface area contributed by atoms with Gasteiger partial charge in [0, 0.05) is 4.90 Å². The first kappa shape index (κ1) is 16.7. The summed E-state index contributed by atoms with van der Waals surface area (Å²) in [5.74, 6) is 1.24. The van der Waals surface area contributed by atoms with Gasteiger partial charge < -0.3 is 10.1 Å². The highest BCUT2D eigenvalue weighted by molar-refractivity contribution is 7.99. The second kappa shape index (κ2) is 8.11. The second-order valence-electron chi connectivity index (χ2n) is 4.61. The Morgan fingerprint density at radius 3 is 2.64 bits per heavy atom. The molecule has 3 nitrogen and oxygen atoms in total. The van der Waals surface area contributed by atoms with Crippen molar-refractivity contribution in [1.82, 2.24) is 0 Å². The number of carbonyl (C=O) groups excluding carboxylic acids is 1. The van der Waals surface area contributed by atoms with Gasteiger partial charge in [-0.05, 0) is 36.9 Å². The lowest BCUT2D eigenvalue weighted by atomic mass is 10.3. The lowest BCUT2D eigenvalue weighted by molar-refractivity contribution is -0.122. The fraction of sp³-hybridized carbons (Fsp3) is 0.235. The van der Waals surface area contributed by atoms with Crippen molar-refractivity contribution in [1.29, 1.82) is 0 Å².